The van der Waals surface area contributed by atoms with Gasteiger partial charge in [0.05, 0.1) is 0 Å². The molecule has 0 fully saturated rings. The second kappa shape index (κ2) is 9.27. The van der Waals surface area contributed by atoms with Gasteiger partial charge in [0, 0.05) is 48.6 Å². The molecule has 0 aromatic rings. The molecule has 0 radical (unpaired) electrons. The van der Waals surface area contributed by atoms with Crippen molar-refractivity contribution >= 4 is 10.8 Å². The van der Waals surface area contributed by atoms with Gasteiger partial charge in [-0.1, -0.05) is 0 Å². The number of rotatable bonds is 9. The van der Waals surface area contributed by atoms with Crippen molar-refractivity contribution in [1.82, 2.24) is 5.32 Å². The van der Waals surface area contributed by atoms with E-state index in [0.717, 1.165) is 0 Å². The van der Waals surface area contributed by atoms with Gasteiger partial charge >= 0.3 is 0 Å². The van der Waals surface area contributed by atoms with E-state index in [4.69, 9.17) is 9.47 Å². The molecule has 0 rings (SSSR count). The van der Waals surface area contributed by atoms with Crippen LogP contribution < -0.4 is 5.32 Å². The summed E-state index contributed by atoms with van der Waals surface area (Å²) in [6.45, 7) is 7.81. The van der Waals surface area contributed by atoms with Gasteiger partial charge in [-0.3, -0.25) is 4.21 Å². The van der Waals surface area contributed by atoms with Gasteiger partial charge in [0.2, 0.25) is 0 Å². The molecule has 0 spiro atoms. The fourth-order valence-corrected chi connectivity index (χ4v) is 2.07. The summed E-state index contributed by atoms with van der Waals surface area (Å²) in [5.41, 5.74) is 0. The summed E-state index contributed by atoms with van der Waals surface area (Å²) < 4.78 is 21.7. The van der Waals surface area contributed by atoms with Crippen LogP contribution in [0.5, 0.6) is 0 Å². The molecule has 0 aromatic heterocycles. The van der Waals surface area contributed by atoms with Gasteiger partial charge in [-0.15, -0.1) is 0 Å². The Morgan fingerprint density at radius 1 is 1.27 bits per heavy atom. The van der Waals surface area contributed by atoms with Gasteiger partial charge in [0.15, 0.2) is 6.29 Å². The molecule has 0 aromatic carbocycles. The molecule has 0 aliphatic carbocycles. The van der Waals surface area contributed by atoms with Gasteiger partial charge in [0.1, 0.15) is 0 Å². The van der Waals surface area contributed by atoms with Crippen LogP contribution in [0.1, 0.15) is 20.8 Å². The molecule has 92 valence electrons. The first kappa shape index (κ1) is 15.0. The van der Waals surface area contributed by atoms with Gasteiger partial charge in [-0.2, -0.15) is 0 Å². The number of ether oxygens (including phenoxy) is 2. The highest BCUT2D eigenvalue weighted by Gasteiger charge is 2.10. The summed E-state index contributed by atoms with van der Waals surface area (Å²) >= 11 is 0. The average molecular weight is 237 g/mol. The van der Waals surface area contributed by atoms with E-state index in [1.807, 2.05) is 20.8 Å². The maximum Gasteiger partial charge on any atom is 0.169 e. The topological polar surface area (TPSA) is 47.6 Å². The molecule has 5 heteroatoms. The zero-order valence-electron chi connectivity index (χ0n) is 10.1. The summed E-state index contributed by atoms with van der Waals surface area (Å²) in [6, 6.07) is 0.222. The highest BCUT2D eigenvalue weighted by Crippen LogP contribution is 1.95. The maximum absolute atomic E-state index is 11.0. The van der Waals surface area contributed by atoms with Crippen LogP contribution >= 0.6 is 0 Å². The molecule has 0 heterocycles. The first-order chi connectivity index (χ1) is 7.10. The third kappa shape index (κ3) is 8.99. The predicted octanol–water partition coefficient (Wildman–Crippen LogP) is 0.742. The third-order valence-electron chi connectivity index (χ3n) is 1.82. The van der Waals surface area contributed by atoms with Crippen molar-refractivity contribution in [1.29, 1.82) is 0 Å². The highest BCUT2D eigenvalue weighted by molar-refractivity contribution is 7.84. The van der Waals surface area contributed by atoms with Crippen LogP contribution in [0.25, 0.3) is 0 Å². The van der Waals surface area contributed by atoms with Crippen molar-refractivity contribution in [3.8, 4) is 0 Å². The molecule has 2 atom stereocenters. The summed E-state index contributed by atoms with van der Waals surface area (Å²) in [6.07, 6.45) is 1.51. The molecule has 0 saturated carbocycles. The molecule has 0 aliphatic heterocycles. The molecule has 0 aliphatic rings. The summed E-state index contributed by atoms with van der Waals surface area (Å²) in [5, 5.41) is 3.24. The minimum absolute atomic E-state index is 0.201. The van der Waals surface area contributed by atoms with E-state index < -0.39 is 10.8 Å². The third-order valence-corrected chi connectivity index (χ3v) is 2.79. The van der Waals surface area contributed by atoms with E-state index in [9.17, 15) is 4.21 Å². The van der Waals surface area contributed by atoms with E-state index in [1.165, 1.54) is 0 Å². The van der Waals surface area contributed by atoms with Crippen LogP contribution in [-0.4, -0.2) is 48.3 Å². The lowest BCUT2D eigenvalue weighted by Crippen LogP contribution is -2.39. The Morgan fingerprint density at radius 3 is 2.20 bits per heavy atom. The largest absolute Gasteiger partial charge is 0.352 e. The van der Waals surface area contributed by atoms with Crippen LogP contribution in [0.3, 0.4) is 0 Å². The Morgan fingerprint density at radius 2 is 1.80 bits per heavy atom. The second-order valence-electron chi connectivity index (χ2n) is 3.39. The zero-order chi connectivity index (χ0) is 11.7. The molecule has 4 nitrogen and oxygen atoms in total. The van der Waals surface area contributed by atoms with Crippen LogP contribution in [0, 0.1) is 0 Å². The zero-order valence-corrected chi connectivity index (χ0v) is 10.9. The summed E-state index contributed by atoms with van der Waals surface area (Å²) in [5.74, 6) is 0.658. The Kier molecular flexibility index (Phi) is 9.29. The van der Waals surface area contributed by atoms with Crippen LogP contribution in [0.15, 0.2) is 0 Å². The van der Waals surface area contributed by atoms with E-state index in [0.29, 0.717) is 25.5 Å². The lowest BCUT2D eigenvalue weighted by Gasteiger charge is -2.20. The number of nitrogens with one attached hydrogen (secondary N) is 1. The van der Waals surface area contributed by atoms with Crippen molar-refractivity contribution < 1.29 is 13.7 Å². The maximum atomic E-state index is 11.0. The van der Waals surface area contributed by atoms with Crippen molar-refractivity contribution in [2.24, 2.45) is 0 Å². The van der Waals surface area contributed by atoms with Gasteiger partial charge in [-0.25, -0.2) is 0 Å². The number of hydrogen-bond donors (Lipinski definition) is 1. The SMILES string of the molecule is CCOC(CNC(C)CS(C)=O)OCC. The Bertz CT molecular complexity index is 172. The average Bonchev–Trinajstić information content (AvgIpc) is 2.14. The quantitative estimate of drug-likeness (QED) is 0.601. The molecule has 0 bridgehead atoms. The van der Waals surface area contributed by atoms with Gasteiger partial charge in [0.25, 0.3) is 0 Å². The molecular weight excluding hydrogens is 214 g/mol. The Hall–Kier alpha value is 0.0300. The van der Waals surface area contributed by atoms with E-state index >= 15 is 0 Å². The standard InChI is InChI=1S/C10H23NO3S/c1-5-13-10(14-6-2)7-11-9(3)8-15(4)12/h9-11H,5-8H2,1-4H3. The smallest absolute Gasteiger partial charge is 0.169 e. The summed E-state index contributed by atoms with van der Waals surface area (Å²) in [4.78, 5) is 0. The summed E-state index contributed by atoms with van der Waals surface area (Å²) in [7, 11) is -0.762. The van der Waals surface area contributed by atoms with Crippen molar-refractivity contribution in [2.45, 2.75) is 33.1 Å². The molecular formula is C10H23NO3S. The monoisotopic (exact) mass is 237 g/mol. The van der Waals surface area contributed by atoms with Gasteiger partial charge in [-0.05, 0) is 20.8 Å². The Labute approximate surface area is 95.2 Å². The van der Waals surface area contributed by atoms with Crippen molar-refractivity contribution in [3.05, 3.63) is 0 Å². The van der Waals surface area contributed by atoms with Gasteiger partial charge < -0.3 is 14.8 Å². The first-order valence-electron chi connectivity index (χ1n) is 5.36. The second-order valence-corrected chi connectivity index (χ2v) is 4.87. The lowest BCUT2D eigenvalue weighted by atomic mass is 10.4. The van der Waals surface area contributed by atoms with E-state index in [-0.39, 0.29) is 12.3 Å². The molecule has 0 saturated heterocycles. The van der Waals surface area contributed by atoms with Crippen LogP contribution in [0.4, 0.5) is 0 Å². The highest BCUT2D eigenvalue weighted by atomic mass is 32.2. The van der Waals surface area contributed by atoms with E-state index in [1.54, 1.807) is 6.26 Å². The fraction of sp³-hybridized carbons (Fsp3) is 1.00. The Balaban J connectivity index is 3.71. The predicted molar refractivity (Wildman–Crippen MR) is 63.4 cm³/mol. The first-order valence-corrected chi connectivity index (χ1v) is 7.09. The number of hydrogen-bond acceptors (Lipinski definition) is 4. The lowest BCUT2D eigenvalue weighted by molar-refractivity contribution is -0.133. The van der Waals surface area contributed by atoms with Crippen LogP contribution in [-0.2, 0) is 20.3 Å². The normalized spacial score (nSPS) is 15.5. The van der Waals surface area contributed by atoms with Crippen molar-refractivity contribution in [3.63, 3.8) is 0 Å². The van der Waals surface area contributed by atoms with Crippen molar-refractivity contribution in [2.75, 3.05) is 31.8 Å². The minimum atomic E-state index is -0.762. The molecule has 1 N–H and O–H groups in total. The molecule has 2 unspecified atom stereocenters. The van der Waals surface area contributed by atoms with E-state index in [2.05, 4.69) is 5.32 Å². The molecule has 15 heavy (non-hydrogen) atoms. The fourth-order valence-electron chi connectivity index (χ4n) is 1.25. The minimum Gasteiger partial charge on any atom is -0.352 e. The van der Waals surface area contributed by atoms with Crippen LogP contribution in [0.2, 0.25) is 0 Å². The molecule has 0 amide bonds.